The highest BCUT2D eigenvalue weighted by atomic mass is 16.2. The van der Waals surface area contributed by atoms with Crippen LogP contribution in [0.5, 0.6) is 0 Å². The second-order valence-corrected chi connectivity index (χ2v) is 6.81. The van der Waals surface area contributed by atoms with Crippen LogP contribution in [0.25, 0.3) is 11.2 Å². The standard InChI is InChI=1S/C20H25N7O3/c1-5-26(6-2)15-9-7-14(8-10-15)11-22-23-16(28)12-27-13-21-17-18(27)24(3)20(30)25(4)19(17)29/h7-11,13H,5-6,12H2,1-4H3,(H,23,28). The second-order valence-electron chi connectivity index (χ2n) is 6.81. The maximum atomic E-state index is 12.3. The molecule has 2 heterocycles. The zero-order valence-corrected chi connectivity index (χ0v) is 17.5. The van der Waals surface area contributed by atoms with E-state index in [0.29, 0.717) is 0 Å². The van der Waals surface area contributed by atoms with Gasteiger partial charge in [0.2, 0.25) is 0 Å². The number of amides is 1. The predicted molar refractivity (Wildman–Crippen MR) is 116 cm³/mol. The summed E-state index contributed by atoms with van der Waals surface area (Å²) in [6, 6.07) is 7.88. The molecule has 0 aliphatic carbocycles. The quantitative estimate of drug-likeness (QED) is 0.448. The summed E-state index contributed by atoms with van der Waals surface area (Å²) in [5, 5.41) is 3.98. The number of imidazole rings is 1. The Morgan fingerprint density at radius 2 is 1.80 bits per heavy atom. The Labute approximate surface area is 173 Å². The number of hydrazone groups is 1. The highest BCUT2D eigenvalue weighted by molar-refractivity contribution is 5.83. The van der Waals surface area contributed by atoms with E-state index >= 15 is 0 Å². The predicted octanol–water partition coefficient (Wildman–Crippen LogP) is 0.430. The van der Waals surface area contributed by atoms with Crippen molar-refractivity contribution in [2.24, 2.45) is 19.2 Å². The van der Waals surface area contributed by atoms with E-state index < -0.39 is 17.2 Å². The van der Waals surface area contributed by atoms with Crippen molar-refractivity contribution in [1.29, 1.82) is 0 Å². The molecule has 2 aromatic heterocycles. The summed E-state index contributed by atoms with van der Waals surface area (Å²) < 4.78 is 3.72. The molecule has 0 radical (unpaired) electrons. The van der Waals surface area contributed by atoms with Crippen molar-refractivity contribution in [2.45, 2.75) is 20.4 Å². The summed E-state index contributed by atoms with van der Waals surface area (Å²) in [5.74, 6) is -0.404. The molecule has 158 valence electrons. The van der Waals surface area contributed by atoms with Crippen molar-refractivity contribution in [3.05, 3.63) is 57.0 Å². The maximum Gasteiger partial charge on any atom is 0.332 e. The number of carbonyl (C=O) groups excluding carboxylic acids is 1. The van der Waals surface area contributed by atoms with Crippen LogP contribution < -0.4 is 21.6 Å². The minimum absolute atomic E-state index is 0.129. The Morgan fingerprint density at radius 3 is 2.43 bits per heavy atom. The van der Waals surface area contributed by atoms with Gasteiger partial charge in [0.1, 0.15) is 12.2 Å². The second kappa shape index (κ2) is 8.76. The Morgan fingerprint density at radius 1 is 1.13 bits per heavy atom. The van der Waals surface area contributed by atoms with Gasteiger partial charge in [-0.2, -0.15) is 5.10 Å². The van der Waals surface area contributed by atoms with Gasteiger partial charge in [0.15, 0.2) is 5.52 Å². The van der Waals surface area contributed by atoms with E-state index in [1.807, 2.05) is 24.3 Å². The van der Waals surface area contributed by atoms with Crippen LogP contribution >= 0.6 is 0 Å². The van der Waals surface area contributed by atoms with Gasteiger partial charge in [-0.15, -0.1) is 0 Å². The number of nitrogens with zero attached hydrogens (tertiary/aromatic N) is 6. The molecule has 0 spiro atoms. The van der Waals surface area contributed by atoms with E-state index in [4.69, 9.17) is 0 Å². The molecule has 0 aliphatic rings. The van der Waals surface area contributed by atoms with E-state index in [2.05, 4.69) is 34.3 Å². The Kier molecular flexibility index (Phi) is 6.14. The lowest BCUT2D eigenvalue weighted by atomic mass is 10.2. The van der Waals surface area contributed by atoms with Gasteiger partial charge in [-0.25, -0.2) is 15.2 Å². The Balaban J connectivity index is 1.70. The number of benzene rings is 1. The summed E-state index contributed by atoms with van der Waals surface area (Å²) in [7, 11) is 2.92. The first-order valence-electron chi connectivity index (χ1n) is 9.65. The first kappa shape index (κ1) is 21.0. The minimum Gasteiger partial charge on any atom is -0.372 e. The van der Waals surface area contributed by atoms with Crippen molar-refractivity contribution in [3.63, 3.8) is 0 Å². The Hall–Kier alpha value is -3.69. The van der Waals surface area contributed by atoms with Gasteiger partial charge in [0, 0.05) is 32.9 Å². The Bertz CT molecular complexity index is 1200. The number of aromatic nitrogens is 4. The van der Waals surface area contributed by atoms with Crippen molar-refractivity contribution >= 4 is 29.0 Å². The first-order valence-corrected chi connectivity index (χ1v) is 9.65. The molecule has 0 atom stereocenters. The van der Waals surface area contributed by atoms with E-state index in [0.717, 1.165) is 28.9 Å². The lowest BCUT2D eigenvalue weighted by molar-refractivity contribution is -0.121. The largest absolute Gasteiger partial charge is 0.372 e. The average molecular weight is 411 g/mol. The molecule has 0 bridgehead atoms. The summed E-state index contributed by atoms with van der Waals surface area (Å²) in [5.41, 5.74) is 3.86. The molecule has 0 unspecified atom stereocenters. The molecule has 1 aromatic carbocycles. The van der Waals surface area contributed by atoms with Crippen LogP contribution in [0.4, 0.5) is 5.69 Å². The SMILES string of the molecule is CCN(CC)c1ccc(C=NNC(=O)Cn2cnc3c(=O)n(C)c(=O)n(C)c32)cc1. The van der Waals surface area contributed by atoms with Crippen LogP contribution in [0.1, 0.15) is 19.4 Å². The smallest absolute Gasteiger partial charge is 0.332 e. The molecule has 10 heteroatoms. The molecule has 1 amide bonds. The molecular weight excluding hydrogens is 386 g/mol. The molecule has 0 saturated carbocycles. The third-order valence-electron chi connectivity index (χ3n) is 4.95. The number of carbonyl (C=O) groups is 1. The zero-order chi connectivity index (χ0) is 21.8. The highest BCUT2D eigenvalue weighted by Gasteiger charge is 2.15. The summed E-state index contributed by atoms with van der Waals surface area (Å²) in [6.45, 7) is 5.94. The maximum absolute atomic E-state index is 12.3. The molecule has 3 aromatic rings. The van der Waals surface area contributed by atoms with Crippen LogP contribution in [0.2, 0.25) is 0 Å². The molecule has 10 nitrogen and oxygen atoms in total. The fraction of sp³-hybridized carbons (Fsp3) is 0.350. The van der Waals surface area contributed by atoms with E-state index in [1.165, 1.54) is 29.6 Å². The third kappa shape index (κ3) is 4.02. The van der Waals surface area contributed by atoms with Gasteiger partial charge >= 0.3 is 5.69 Å². The van der Waals surface area contributed by atoms with Gasteiger partial charge < -0.3 is 9.47 Å². The number of hydrogen-bond acceptors (Lipinski definition) is 6. The van der Waals surface area contributed by atoms with E-state index in [9.17, 15) is 14.4 Å². The van der Waals surface area contributed by atoms with Gasteiger partial charge in [0.05, 0.1) is 12.5 Å². The summed E-state index contributed by atoms with van der Waals surface area (Å²) in [6.07, 6.45) is 2.92. The lowest BCUT2D eigenvalue weighted by Crippen LogP contribution is -2.37. The monoisotopic (exact) mass is 411 g/mol. The highest BCUT2D eigenvalue weighted by Crippen LogP contribution is 2.14. The van der Waals surface area contributed by atoms with Crippen LogP contribution in [0, 0.1) is 0 Å². The van der Waals surface area contributed by atoms with Crippen molar-refractivity contribution in [3.8, 4) is 0 Å². The van der Waals surface area contributed by atoms with Gasteiger partial charge in [-0.1, -0.05) is 12.1 Å². The first-order chi connectivity index (χ1) is 14.4. The van der Waals surface area contributed by atoms with Crippen molar-refractivity contribution < 1.29 is 4.79 Å². The molecular formula is C20H25N7O3. The van der Waals surface area contributed by atoms with Crippen LogP contribution in [-0.4, -0.2) is 43.9 Å². The fourth-order valence-electron chi connectivity index (χ4n) is 3.28. The topological polar surface area (TPSA) is 107 Å². The summed E-state index contributed by atoms with van der Waals surface area (Å²) in [4.78, 5) is 42.9. The van der Waals surface area contributed by atoms with E-state index in [1.54, 1.807) is 6.21 Å². The number of hydrogen-bond donors (Lipinski definition) is 1. The molecule has 0 aliphatic heterocycles. The zero-order valence-electron chi connectivity index (χ0n) is 17.5. The number of aryl methyl sites for hydroxylation is 1. The lowest BCUT2D eigenvalue weighted by Gasteiger charge is -2.20. The number of nitrogens with one attached hydrogen (secondary N) is 1. The summed E-state index contributed by atoms with van der Waals surface area (Å²) >= 11 is 0. The van der Waals surface area contributed by atoms with Crippen molar-refractivity contribution in [2.75, 3.05) is 18.0 Å². The number of rotatable bonds is 7. The number of anilines is 1. The van der Waals surface area contributed by atoms with Crippen LogP contribution in [0.3, 0.4) is 0 Å². The fourth-order valence-corrected chi connectivity index (χ4v) is 3.28. The normalized spacial score (nSPS) is 11.3. The average Bonchev–Trinajstić information content (AvgIpc) is 3.16. The van der Waals surface area contributed by atoms with Gasteiger partial charge in [-0.05, 0) is 31.5 Å². The van der Waals surface area contributed by atoms with Gasteiger partial charge in [-0.3, -0.25) is 18.7 Å². The van der Waals surface area contributed by atoms with Gasteiger partial charge in [0.25, 0.3) is 11.5 Å². The molecule has 30 heavy (non-hydrogen) atoms. The number of fused-ring (bicyclic) bond motifs is 1. The molecule has 3 rings (SSSR count). The van der Waals surface area contributed by atoms with Crippen LogP contribution in [0.15, 0.2) is 45.3 Å². The molecule has 1 N–H and O–H groups in total. The molecule has 0 fully saturated rings. The van der Waals surface area contributed by atoms with E-state index in [-0.39, 0.29) is 17.7 Å². The minimum atomic E-state index is -0.501. The molecule has 0 saturated heterocycles. The van der Waals surface area contributed by atoms with Crippen molar-refractivity contribution in [1.82, 2.24) is 24.1 Å². The third-order valence-corrected chi connectivity index (χ3v) is 4.95. The van der Waals surface area contributed by atoms with Crippen LogP contribution in [-0.2, 0) is 25.4 Å².